The van der Waals surface area contributed by atoms with Gasteiger partial charge < -0.3 is 9.47 Å². The number of rotatable bonds is 5. The van der Waals surface area contributed by atoms with Gasteiger partial charge in [0.25, 0.3) is 0 Å². The van der Waals surface area contributed by atoms with Gasteiger partial charge in [0.1, 0.15) is 0 Å². The summed E-state index contributed by atoms with van der Waals surface area (Å²) >= 11 is 0. The molecule has 0 aromatic rings. The SMILES string of the molecule is CCOC(=O)/C(C)=C/C(=O)OOC(=O)/C=C/C(=O)OC. The zero-order valence-electron chi connectivity index (χ0n) is 11.2. The van der Waals surface area contributed by atoms with Crippen LogP contribution in [0, 0.1) is 0 Å². The van der Waals surface area contributed by atoms with Crippen molar-refractivity contribution in [1.29, 1.82) is 0 Å². The maximum Gasteiger partial charge on any atom is 0.379 e. The third-order valence-electron chi connectivity index (χ3n) is 1.69. The third-order valence-corrected chi connectivity index (χ3v) is 1.69. The van der Waals surface area contributed by atoms with Crippen LogP contribution in [0.3, 0.4) is 0 Å². The van der Waals surface area contributed by atoms with E-state index in [2.05, 4.69) is 19.2 Å². The predicted molar refractivity (Wildman–Crippen MR) is 63.7 cm³/mol. The van der Waals surface area contributed by atoms with E-state index in [0.29, 0.717) is 6.08 Å². The van der Waals surface area contributed by atoms with E-state index < -0.39 is 23.9 Å². The second-order valence-electron chi connectivity index (χ2n) is 3.21. The van der Waals surface area contributed by atoms with Crippen molar-refractivity contribution in [2.45, 2.75) is 13.8 Å². The van der Waals surface area contributed by atoms with Crippen LogP contribution in [0.1, 0.15) is 13.8 Å². The van der Waals surface area contributed by atoms with Crippen molar-refractivity contribution < 1.29 is 38.4 Å². The van der Waals surface area contributed by atoms with Gasteiger partial charge >= 0.3 is 23.9 Å². The molecule has 0 N–H and O–H groups in total. The Morgan fingerprint density at radius 1 is 0.950 bits per heavy atom. The Labute approximate surface area is 114 Å². The summed E-state index contributed by atoms with van der Waals surface area (Å²) in [6.07, 6.45) is 2.30. The lowest BCUT2D eigenvalue weighted by Crippen LogP contribution is -2.11. The number of methoxy groups -OCH3 is 1. The summed E-state index contributed by atoms with van der Waals surface area (Å²) in [6.45, 7) is 3.10. The van der Waals surface area contributed by atoms with Crippen molar-refractivity contribution in [2.75, 3.05) is 13.7 Å². The van der Waals surface area contributed by atoms with Crippen LogP contribution in [0.2, 0.25) is 0 Å². The number of ether oxygens (including phenoxy) is 2. The van der Waals surface area contributed by atoms with E-state index in [4.69, 9.17) is 0 Å². The van der Waals surface area contributed by atoms with Gasteiger partial charge in [0.05, 0.1) is 13.7 Å². The van der Waals surface area contributed by atoms with Gasteiger partial charge in [0.15, 0.2) is 0 Å². The first-order valence-electron chi connectivity index (χ1n) is 5.44. The van der Waals surface area contributed by atoms with Gasteiger partial charge in [-0.1, -0.05) is 0 Å². The molecule has 0 fully saturated rings. The maximum absolute atomic E-state index is 11.2. The Bertz CT molecular complexity index is 446. The van der Waals surface area contributed by atoms with Crippen LogP contribution in [-0.2, 0) is 38.4 Å². The normalized spacial score (nSPS) is 10.8. The molecule has 0 saturated carbocycles. The highest BCUT2D eigenvalue weighted by Crippen LogP contribution is 1.98. The van der Waals surface area contributed by atoms with Crippen LogP contribution >= 0.6 is 0 Å². The molecule has 8 heteroatoms. The molecule has 0 aromatic carbocycles. The molecule has 0 aromatic heterocycles. The Balaban J connectivity index is 4.26. The molecule has 0 radical (unpaired) electrons. The Morgan fingerprint density at radius 3 is 2.05 bits per heavy atom. The largest absolute Gasteiger partial charge is 0.466 e. The number of esters is 2. The van der Waals surface area contributed by atoms with E-state index in [9.17, 15) is 19.2 Å². The molecule has 0 aliphatic carbocycles. The Kier molecular flexibility index (Phi) is 8.08. The first-order valence-corrected chi connectivity index (χ1v) is 5.44. The molecule has 0 aliphatic rings. The van der Waals surface area contributed by atoms with E-state index in [0.717, 1.165) is 19.3 Å². The van der Waals surface area contributed by atoms with Crippen molar-refractivity contribution in [1.82, 2.24) is 0 Å². The Morgan fingerprint density at radius 2 is 1.50 bits per heavy atom. The van der Waals surface area contributed by atoms with Gasteiger partial charge in [-0.25, -0.2) is 29.0 Å². The summed E-state index contributed by atoms with van der Waals surface area (Å²) in [6, 6.07) is 0. The van der Waals surface area contributed by atoms with E-state index in [-0.39, 0.29) is 12.2 Å². The number of hydrogen-bond acceptors (Lipinski definition) is 8. The quantitative estimate of drug-likeness (QED) is 0.306. The molecule has 0 atom stereocenters. The lowest BCUT2D eigenvalue weighted by molar-refractivity contribution is -0.250. The molecule has 0 spiro atoms. The first kappa shape index (κ1) is 17.4. The number of hydrogen-bond donors (Lipinski definition) is 0. The van der Waals surface area contributed by atoms with Crippen LogP contribution in [0.5, 0.6) is 0 Å². The second kappa shape index (κ2) is 9.31. The van der Waals surface area contributed by atoms with Crippen LogP contribution in [-0.4, -0.2) is 37.6 Å². The summed E-state index contributed by atoms with van der Waals surface area (Å²) in [5.74, 6) is -3.63. The number of carbonyl (C=O) groups is 4. The highest BCUT2D eigenvalue weighted by molar-refractivity contribution is 5.96. The van der Waals surface area contributed by atoms with Crippen LogP contribution in [0.15, 0.2) is 23.8 Å². The van der Waals surface area contributed by atoms with E-state index in [1.54, 1.807) is 6.92 Å². The van der Waals surface area contributed by atoms with Crippen molar-refractivity contribution in [2.24, 2.45) is 0 Å². The summed E-state index contributed by atoms with van der Waals surface area (Å²) in [5.41, 5.74) is -0.0157. The third kappa shape index (κ3) is 7.64. The predicted octanol–water partition coefficient (Wildman–Crippen LogP) is 0.226. The molecule has 0 rings (SSSR count). The van der Waals surface area contributed by atoms with Gasteiger partial charge in [-0.05, 0) is 13.8 Å². The molecule has 0 bridgehead atoms. The zero-order chi connectivity index (χ0) is 15.5. The van der Waals surface area contributed by atoms with Gasteiger partial charge in [-0.15, -0.1) is 0 Å². The standard InChI is InChI=1S/C12H14O8/c1-4-18-12(16)8(2)7-11(15)20-19-10(14)6-5-9(13)17-3/h5-7H,4H2,1-3H3/b6-5+,8-7+. The Hall–Kier alpha value is -2.64. The average molecular weight is 286 g/mol. The molecule has 0 unspecified atom stereocenters. The lowest BCUT2D eigenvalue weighted by atomic mass is 10.3. The summed E-state index contributed by atoms with van der Waals surface area (Å²) in [4.78, 5) is 52.1. The monoisotopic (exact) mass is 286 g/mol. The topological polar surface area (TPSA) is 105 Å². The lowest BCUT2D eigenvalue weighted by Gasteiger charge is -2.01. The maximum atomic E-state index is 11.2. The average Bonchev–Trinajstić information content (AvgIpc) is 2.42. The second-order valence-corrected chi connectivity index (χ2v) is 3.21. The molecule has 8 nitrogen and oxygen atoms in total. The molecule has 0 aliphatic heterocycles. The summed E-state index contributed by atoms with van der Waals surface area (Å²) < 4.78 is 8.85. The van der Waals surface area contributed by atoms with Gasteiger partial charge in [-0.2, -0.15) is 0 Å². The fourth-order valence-corrected chi connectivity index (χ4v) is 0.819. The minimum Gasteiger partial charge on any atom is -0.466 e. The molecular weight excluding hydrogens is 272 g/mol. The van der Waals surface area contributed by atoms with E-state index in [1.165, 1.54) is 6.92 Å². The fraction of sp³-hybridized carbons (Fsp3) is 0.333. The molecule has 0 saturated heterocycles. The summed E-state index contributed by atoms with van der Waals surface area (Å²) in [5, 5.41) is 0. The zero-order valence-corrected chi connectivity index (χ0v) is 11.2. The molecule has 0 heterocycles. The molecular formula is C12H14O8. The van der Waals surface area contributed by atoms with Gasteiger partial charge in [0, 0.05) is 23.8 Å². The minimum absolute atomic E-state index is 0.0157. The minimum atomic E-state index is -1.09. The van der Waals surface area contributed by atoms with Gasteiger partial charge in [0.2, 0.25) is 0 Å². The molecule has 110 valence electrons. The summed E-state index contributed by atoms with van der Waals surface area (Å²) in [7, 11) is 1.13. The van der Waals surface area contributed by atoms with Crippen molar-refractivity contribution in [3.63, 3.8) is 0 Å². The van der Waals surface area contributed by atoms with Crippen molar-refractivity contribution >= 4 is 23.9 Å². The first-order chi connectivity index (χ1) is 9.40. The van der Waals surface area contributed by atoms with Crippen LogP contribution in [0.4, 0.5) is 0 Å². The fourth-order valence-electron chi connectivity index (χ4n) is 0.819. The van der Waals surface area contributed by atoms with Gasteiger partial charge in [-0.3, -0.25) is 0 Å². The number of carbonyl (C=O) groups excluding carboxylic acids is 4. The van der Waals surface area contributed by atoms with Crippen LogP contribution < -0.4 is 0 Å². The highest BCUT2D eigenvalue weighted by atomic mass is 17.2. The van der Waals surface area contributed by atoms with Crippen molar-refractivity contribution in [3.05, 3.63) is 23.8 Å². The van der Waals surface area contributed by atoms with E-state index in [1.807, 2.05) is 0 Å². The molecule has 0 amide bonds. The van der Waals surface area contributed by atoms with Crippen LogP contribution in [0.25, 0.3) is 0 Å². The van der Waals surface area contributed by atoms with Crippen molar-refractivity contribution in [3.8, 4) is 0 Å². The highest BCUT2D eigenvalue weighted by Gasteiger charge is 2.10. The molecule has 20 heavy (non-hydrogen) atoms. The smallest absolute Gasteiger partial charge is 0.379 e. The van der Waals surface area contributed by atoms with E-state index >= 15 is 0 Å².